The molecule has 3 aromatic rings. The Labute approximate surface area is 181 Å². The third kappa shape index (κ3) is 4.66. The molecule has 0 saturated carbocycles. The molecule has 2 amide bonds. The Morgan fingerprint density at radius 2 is 1.87 bits per heavy atom. The second kappa shape index (κ2) is 9.30. The van der Waals surface area contributed by atoms with E-state index in [4.69, 9.17) is 4.74 Å². The fourth-order valence-corrected chi connectivity index (χ4v) is 3.62. The van der Waals surface area contributed by atoms with E-state index in [1.807, 2.05) is 54.6 Å². The number of anilines is 2. The van der Waals surface area contributed by atoms with Crippen molar-refractivity contribution in [3.63, 3.8) is 0 Å². The van der Waals surface area contributed by atoms with Gasteiger partial charge in [-0.1, -0.05) is 30.3 Å². The molecule has 2 heterocycles. The third-order valence-electron chi connectivity index (χ3n) is 5.19. The number of ether oxygens (including phenoxy) is 1. The lowest BCUT2D eigenvalue weighted by molar-refractivity contribution is -0.116. The SMILES string of the molecule is COc1ccc(C2Nc3ccccc3C(=O)N2CCCC(=O)Nc2ccccn2)cc1. The number of rotatable bonds is 7. The van der Waals surface area contributed by atoms with E-state index in [0.29, 0.717) is 24.3 Å². The molecule has 7 heteroatoms. The number of aromatic nitrogens is 1. The normalized spacial score (nSPS) is 15.1. The largest absolute Gasteiger partial charge is 0.497 e. The van der Waals surface area contributed by atoms with Crippen molar-refractivity contribution >= 4 is 23.3 Å². The second-order valence-corrected chi connectivity index (χ2v) is 7.23. The summed E-state index contributed by atoms with van der Waals surface area (Å²) in [4.78, 5) is 31.4. The molecule has 158 valence electrons. The molecule has 2 aromatic carbocycles. The zero-order chi connectivity index (χ0) is 21.6. The van der Waals surface area contributed by atoms with Crippen molar-refractivity contribution in [3.05, 3.63) is 84.1 Å². The van der Waals surface area contributed by atoms with E-state index in [1.165, 1.54) is 0 Å². The van der Waals surface area contributed by atoms with Gasteiger partial charge in [-0.2, -0.15) is 0 Å². The molecule has 0 radical (unpaired) electrons. The Kier molecular flexibility index (Phi) is 6.12. The number of benzene rings is 2. The van der Waals surface area contributed by atoms with Gasteiger partial charge in [-0.05, 0) is 48.4 Å². The van der Waals surface area contributed by atoms with E-state index in [-0.39, 0.29) is 24.4 Å². The van der Waals surface area contributed by atoms with Gasteiger partial charge < -0.3 is 20.3 Å². The zero-order valence-corrected chi connectivity index (χ0v) is 17.2. The van der Waals surface area contributed by atoms with Crippen LogP contribution in [0.25, 0.3) is 0 Å². The summed E-state index contributed by atoms with van der Waals surface area (Å²) in [6.07, 6.45) is 2.12. The molecule has 1 aliphatic rings. The molecule has 0 bridgehead atoms. The van der Waals surface area contributed by atoms with Gasteiger partial charge >= 0.3 is 0 Å². The van der Waals surface area contributed by atoms with Gasteiger partial charge in [-0.15, -0.1) is 0 Å². The van der Waals surface area contributed by atoms with Crippen LogP contribution in [-0.4, -0.2) is 35.4 Å². The highest BCUT2D eigenvalue weighted by Crippen LogP contribution is 2.33. The van der Waals surface area contributed by atoms with E-state index in [2.05, 4.69) is 15.6 Å². The Morgan fingerprint density at radius 3 is 2.61 bits per heavy atom. The first-order valence-corrected chi connectivity index (χ1v) is 10.2. The molecule has 7 nitrogen and oxygen atoms in total. The van der Waals surface area contributed by atoms with Crippen molar-refractivity contribution in [3.8, 4) is 5.75 Å². The first-order chi connectivity index (χ1) is 15.2. The summed E-state index contributed by atoms with van der Waals surface area (Å²) >= 11 is 0. The molecule has 1 unspecified atom stereocenters. The monoisotopic (exact) mass is 416 g/mol. The first-order valence-electron chi connectivity index (χ1n) is 10.2. The van der Waals surface area contributed by atoms with E-state index >= 15 is 0 Å². The van der Waals surface area contributed by atoms with Gasteiger partial charge in [0.05, 0.1) is 12.7 Å². The molecule has 2 N–H and O–H groups in total. The number of hydrogen-bond donors (Lipinski definition) is 2. The smallest absolute Gasteiger partial charge is 0.257 e. The van der Waals surface area contributed by atoms with Gasteiger partial charge in [0.2, 0.25) is 5.91 Å². The van der Waals surface area contributed by atoms with Gasteiger partial charge in [-0.3, -0.25) is 9.59 Å². The number of hydrogen-bond acceptors (Lipinski definition) is 5. The summed E-state index contributed by atoms with van der Waals surface area (Å²) in [6.45, 7) is 0.437. The lowest BCUT2D eigenvalue weighted by Crippen LogP contribution is -2.43. The number of methoxy groups -OCH3 is 1. The van der Waals surface area contributed by atoms with E-state index < -0.39 is 0 Å². The summed E-state index contributed by atoms with van der Waals surface area (Å²) in [7, 11) is 1.62. The predicted octanol–water partition coefficient (Wildman–Crippen LogP) is 4.08. The molecule has 1 aromatic heterocycles. The highest BCUT2D eigenvalue weighted by atomic mass is 16.5. The Morgan fingerprint density at radius 1 is 1.10 bits per heavy atom. The second-order valence-electron chi connectivity index (χ2n) is 7.23. The summed E-state index contributed by atoms with van der Waals surface area (Å²) in [5.74, 6) is 1.09. The fraction of sp³-hybridized carbons (Fsp3) is 0.208. The number of nitrogens with one attached hydrogen (secondary N) is 2. The highest BCUT2D eigenvalue weighted by molar-refractivity contribution is 6.01. The van der Waals surface area contributed by atoms with Gasteiger partial charge in [0.1, 0.15) is 17.7 Å². The molecular formula is C24H24N4O3. The number of para-hydroxylation sites is 1. The van der Waals surface area contributed by atoms with Crippen LogP contribution in [0.5, 0.6) is 5.75 Å². The molecule has 0 spiro atoms. The van der Waals surface area contributed by atoms with Gasteiger partial charge in [0, 0.05) is 24.8 Å². The van der Waals surface area contributed by atoms with Crippen LogP contribution in [0.4, 0.5) is 11.5 Å². The number of amides is 2. The first kappa shape index (κ1) is 20.4. The number of carbonyl (C=O) groups excluding carboxylic acids is 2. The average molecular weight is 416 g/mol. The van der Waals surface area contributed by atoms with Crippen molar-refractivity contribution in [2.45, 2.75) is 19.0 Å². The third-order valence-corrected chi connectivity index (χ3v) is 5.19. The molecule has 4 rings (SSSR count). The molecule has 0 fully saturated rings. The van der Waals surface area contributed by atoms with Gasteiger partial charge in [0.25, 0.3) is 5.91 Å². The maximum Gasteiger partial charge on any atom is 0.257 e. The van der Waals surface area contributed by atoms with Crippen molar-refractivity contribution in [2.75, 3.05) is 24.3 Å². The minimum Gasteiger partial charge on any atom is -0.497 e. The van der Waals surface area contributed by atoms with Crippen molar-refractivity contribution in [1.29, 1.82) is 0 Å². The number of nitrogens with zero attached hydrogens (tertiary/aromatic N) is 2. The lowest BCUT2D eigenvalue weighted by Gasteiger charge is -2.38. The number of pyridine rings is 1. The molecule has 1 aliphatic heterocycles. The highest BCUT2D eigenvalue weighted by Gasteiger charge is 2.32. The Hall–Kier alpha value is -3.87. The lowest BCUT2D eigenvalue weighted by atomic mass is 10.0. The van der Waals surface area contributed by atoms with Crippen molar-refractivity contribution < 1.29 is 14.3 Å². The van der Waals surface area contributed by atoms with Gasteiger partial charge in [-0.25, -0.2) is 4.98 Å². The topological polar surface area (TPSA) is 83.6 Å². The number of carbonyl (C=O) groups is 2. The molecule has 31 heavy (non-hydrogen) atoms. The van der Waals surface area contributed by atoms with Crippen molar-refractivity contribution in [1.82, 2.24) is 9.88 Å². The Bertz CT molecular complexity index is 1050. The van der Waals surface area contributed by atoms with Crippen LogP contribution < -0.4 is 15.4 Å². The molecular weight excluding hydrogens is 392 g/mol. The minimum atomic E-state index is -0.327. The summed E-state index contributed by atoms with van der Waals surface area (Å²) < 4.78 is 5.25. The zero-order valence-electron chi connectivity index (χ0n) is 17.2. The minimum absolute atomic E-state index is 0.0553. The van der Waals surface area contributed by atoms with Crippen LogP contribution >= 0.6 is 0 Å². The van der Waals surface area contributed by atoms with Crippen LogP contribution in [-0.2, 0) is 4.79 Å². The molecule has 1 atom stereocenters. The van der Waals surface area contributed by atoms with E-state index in [0.717, 1.165) is 17.0 Å². The van der Waals surface area contributed by atoms with Crippen LogP contribution in [0, 0.1) is 0 Å². The van der Waals surface area contributed by atoms with Crippen LogP contribution in [0.3, 0.4) is 0 Å². The summed E-state index contributed by atoms with van der Waals surface area (Å²) in [6, 6.07) is 20.5. The van der Waals surface area contributed by atoms with E-state index in [1.54, 1.807) is 30.3 Å². The van der Waals surface area contributed by atoms with Crippen LogP contribution in [0.15, 0.2) is 72.9 Å². The fourth-order valence-electron chi connectivity index (χ4n) is 3.62. The van der Waals surface area contributed by atoms with Crippen molar-refractivity contribution in [2.24, 2.45) is 0 Å². The van der Waals surface area contributed by atoms with Gasteiger partial charge in [0.15, 0.2) is 0 Å². The maximum atomic E-state index is 13.2. The Balaban J connectivity index is 1.48. The predicted molar refractivity (Wildman–Crippen MR) is 119 cm³/mol. The van der Waals surface area contributed by atoms with Crippen LogP contribution in [0.1, 0.15) is 34.9 Å². The standard InChI is InChI=1S/C24H24N4O3/c1-31-18-13-11-17(12-14-18)23-26-20-8-3-2-7-19(20)24(30)28(23)16-6-10-22(29)27-21-9-4-5-15-25-21/h2-5,7-9,11-15,23,26H,6,10,16H2,1H3,(H,25,27,29). The molecule has 0 saturated heterocycles. The quantitative estimate of drug-likeness (QED) is 0.607. The average Bonchev–Trinajstić information content (AvgIpc) is 2.81. The summed E-state index contributed by atoms with van der Waals surface area (Å²) in [5, 5.41) is 6.24. The summed E-state index contributed by atoms with van der Waals surface area (Å²) in [5.41, 5.74) is 2.38. The maximum absolute atomic E-state index is 13.2. The number of fused-ring (bicyclic) bond motifs is 1. The van der Waals surface area contributed by atoms with Crippen LogP contribution in [0.2, 0.25) is 0 Å². The van der Waals surface area contributed by atoms with E-state index in [9.17, 15) is 9.59 Å². The molecule has 0 aliphatic carbocycles.